The van der Waals surface area contributed by atoms with Gasteiger partial charge < -0.3 is 10.6 Å². The highest BCUT2D eigenvalue weighted by Crippen LogP contribution is 2.10. The van der Waals surface area contributed by atoms with Gasteiger partial charge in [-0.15, -0.1) is 0 Å². The molecule has 4 nitrogen and oxygen atoms in total. The molecule has 0 bridgehead atoms. The zero-order valence-electron chi connectivity index (χ0n) is 10.8. The van der Waals surface area contributed by atoms with E-state index in [9.17, 15) is 0 Å². The number of nitrogens with zero attached hydrogens (tertiary/aromatic N) is 2. The van der Waals surface area contributed by atoms with E-state index in [1.807, 2.05) is 6.20 Å². The van der Waals surface area contributed by atoms with E-state index in [-0.39, 0.29) is 5.54 Å². The first-order chi connectivity index (χ1) is 7.37. The second-order valence-electron chi connectivity index (χ2n) is 5.30. The molecule has 0 fully saturated rings. The molecule has 90 valence electrons. The summed E-state index contributed by atoms with van der Waals surface area (Å²) in [4.78, 5) is 8.68. The Morgan fingerprint density at radius 3 is 2.31 bits per heavy atom. The quantitative estimate of drug-likeness (QED) is 0.820. The summed E-state index contributed by atoms with van der Waals surface area (Å²) in [6.07, 6.45) is 3.59. The summed E-state index contributed by atoms with van der Waals surface area (Å²) >= 11 is 0. The van der Waals surface area contributed by atoms with Gasteiger partial charge >= 0.3 is 0 Å². The number of hydrogen-bond donors (Lipinski definition) is 2. The number of aromatic nitrogens is 2. The summed E-state index contributed by atoms with van der Waals surface area (Å²) in [7, 11) is 0. The van der Waals surface area contributed by atoms with Crippen molar-refractivity contribution in [2.75, 3.05) is 5.32 Å². The second kappa shape index (κ2) is 5.25. The average molecular weight is 222 g/mol. The monoisotopic (exact) mass is 222 g/mol. The van der Waals surface area contributed by atoms with E-state index in [0.717, 1.165) is 18.1 Å². The van der Waals surface area contributed by atoms with Crippen LogP contribution in [0.5, 0.6) is 0 Å². The molecule has 1 aromatic heterocycles. The lowest BCUT2D eigenvalue weighted by atomic mass is 10.1. The molecule has 0 aromatic carbocycles. The Bertz CT molecular complexity index is 311. The zero-order chi connectivity index (χ0) is 12.2. The lowest BCUT2D eigenvalue weighted by molar-refractivity contribution is 0.579. The van der Waals surface area contributed by atoms with Crippen molar-refractivity contribution in [3.63, 3.8) is 0 Å². The molecule has 0 unspecified atom stereocenters. The molecular weight excluding hydrogens is 200 g/mol. The van der Waals surface area contributed by atoms with Crippen molar-refractivity contribution in [3.05, 3.63) is 18.1 Å². The van der Waals surface area contributed by atoms with Gasteiger partial charge in [-0.2, -0.15) is 0 Å². The summed E-state index contributed by atoms with van der Waals surface area (Å²) in [6, 6.07) is 0.467. The molecule has 1 heterocycles. The normalized spacial score (nSPS) is 11.9. The lowest BCUT2D eigenvalue weighted by Crippen LogP contribution is -2.27. The molecule has 2 N–H and O–H groups in total. The van der Waals surface area contributed by atoms with Gasteiger partial charge in [0.15, 0.2) is 0 Å². The van der Waals surface area contributed by atoms with E-state index in [4.69, 9.17) is 0 Å². The fourth-order valence-corrected chi connectivity index (χ4v) is 1.20. The predicted molar refractivity (Wildman–Crippen MR) is 67.4 cm³/mol. The van der Waals surface area contributed by atoms with E-state index in [1.54, 1.807) is 6.20 Å². The maximum atomic E-state index is 4.35. The molecule has 0 atom stereocenters. The average Bonchev–Trinajstić information content (AvgIpc) is 2.14. The Kier molecular flexibility index (Phi) is 4.24. The first-order valence-electron chi connectivity index (χ1n) is 5.69. The number of rotatable bonds is 4. The highest BCUT2D eigenvalue weighted by Gasteiger charge is 2.09. The smallest absolute Gasteiger partial charge is 0.144 e. The summed E-state index contributed by atoms with van der Waals surface area (Å²) < 4.78 is 0. The Labute approximate surface area is 97.9 Å². The van der Waals surface area contributed by atoms with Gasteiger partial charge in [-0.3, -0.25) is 4.98 Å². The molecule has 0 amide bonds. The molecule has 4 heteroatoms. The van der Waals surface area contributed by atoms with Gasteiger partial charge in [-0.25, -0.2) is 4.98 Å². The Morgan fingerprint density at radius 2 is 1.88 bits per heavy atom. The third-order valence-electron chi connectivity index (χ3n) is 1.90. The third-order valence-corrected chi connectivity index (χ3v) is 1.90. The molecule has 0 aliphatic heterocycles. The highest BCUT2D eigenvalue weighted by atomic mass is 15.1. The van der Waals surface area contributed by atoms with E-state index < -0.39 is 0 Å². The van der Waals surface area contributed by atoms with Crippen LogP contribution >= 0.6 is 0 Å². The van der Waals surface area contributed by atoms with Crippen LogP contribution in [0.25, 0.3) is 0 Å². The molecule has 16 heavy (non-hydrogen) atoms. The molecule has 0 radical (unpaired) electrons. The molecular formula is C12H22N4. The summed E-state index contributed by atoms with van der Waals surface area (Å²) in [6.45, 7) is 11.3. The minimum atomic E-state index is 0.0202. The van der Waals surface area contributed by atoms with Crippen molar-refractivity contribution in [1.82, 2.24) is 15.3 Å². The fraction of sp³-hybridized carbons (Fsp3) is 0.667. The van der Waals surface area contributed by atoms with Gasteiger partial charge in [-0.1, -0.05) is 13.8 Å². The molecule has 0 aliphatic carbocycles. The van der Waals surface area contributed by atoms with Crippen molar-refractivity contribution in [2.24, 2.45) is 0 Å². The molecule has 0 saturated carbocycles. The van der Waals surface area contributed by atoms with Crippen LogP contribution in [-0.4, -0.2) is 21.5 Å². The van der Waals surface area contributed by atoms with E-state index in [1.165, 1.54) is 0 Å². The van der Waals surface area contributed by atoms with Crippen LogP contribution in [0.15, 0.2) is 12.4 Å². The Morgan fingerprint density at radius 1 is 1.19 bits per heavy atom. The first kappa shape index (κ1) is 12.9. The van der Waals surface area contributed by atoms with Crippen LogP contribution in [0.3, 0.4) is 0 Å². The van der Waals surface area contributed by atoms with Gasteiger partial charge in [0, 0.05) is 18.1 Å². The number of hydrogen-bond acceptors (Lipinski definition) is 4. The third kappa shape index (κ3) is 5.07. The van der Waals surface area contributed by atoms with Crippen LogP contribution in [0.1, 0.15) is 40.3 Å². The molecule has 0 aliphatic rings. The standard InChI is InChI=1S/C12H22N4/c1-9(2)13-6-10-7-15-11(8-14-10)16-12(3,4)5/h7-9,13H,6H2,1-5H3,(H,15,16). The number of nitrogens with one attached hydrogen (secondary N) is 2. The van der Waals surface area contributed by atoms with E-state index in [0.29, 0.717) is 6.04 Å². The van der Waals surface area contributed by atoms with Crippen molar-refractivity contribution in [2.45, 2.75) is 52.7 Å². The van der Waals surface area contributed by atoms with Crippen molar-refractivity contribution >= 4 is 5.82 Å². The Hall–Kier alpha value is -1.16. The maximum absolute atomic E-state index is 4.35. The maximum Gasteiger partial charge on any atom is 0.144 e. The summed E-state index contributed by atoms with van der Waals surface area (Å²) in [5.74, 6) is 0.820. The van der Waals surface area contributed by atoms with E-state index >= 15 is 0 Å². The lowest BCUT2D eigenvalue weighted by Gasteiger charge is -2.20. The van der Waals surface area contributed by atoms with E-state index in [2.05, 4.69) is 55.2 Å². The van der Waals surface area contributed by atoms with Crippen molar-refractivity contribution in [1.29, 1.82) is 0 Å². The van der Waals surface area contributed by atoms with Gasteiger partial charge in [-0.05, 0) is 20.8 Å². The Balaban J connectivity index is 2.54. The second-order valence-corrected chi connectivity index (χ2v) is 5.30. The minimum Gasteiger partial charge on any atom is -0.364 e. The van der Waals surface area contributed by atoms with Gasteiger partial charge in [0.25, 0.3) is 0 Å². The summed E-state index contributed by atoms with van der Waals surface area (Å²) in [5, 5.41) is 6.59. The van der Waals surface area contributed by atoms with Crippen LogP contribution < -0.4 is 10.6 Å². The zero-order valence-corrected chi connectivity index (χ0v) is 10.8. The molecule has 0 saturated heterocycles. The van der Waals surface area contributed by atoms with Crippen molar-refractivity contribution < 1.29 is 0 Å². The van der Waals surface area contributed by atoms with Crippen LogP contribution in [0.4, 0.5) is 5.82 Å². The topological polar surface area (TPSA) is 49.8 Å². The van der Waals surface area contributed by atoms with Gasteiger partial charge in [0.2, 0.25) is 0 Å². The summed E-state index contributed by atoms with van der Waals surface area (Å²) in [5.41, 5.74) is 0.986. The highest BCUT2D eigenvalue weighted by molar-refractivity contribution is 5.33. The first-order valence-corrected chi connectivity index (χ1v) is 5.69. The van der Waals surface area contributed by atoms with Crippen LogP contribution in [0, 0.1) is 0 Å². The molecule has 0 spiro atoms. The van der Waals surface area contributed by atoms with Gasteiger partial charge in [0.05, 0.1) is 18.1 Å². The minimum absolute atomic E-state index is 0.0202. The van der Waals surface area contributed by atoms with Crippen LogP contribution in [-0.2, 0) is 6.54 Å². The fourth-order valence-electron chi connectivity index (χ4n) is 1.20. The van der Waals surface area contributed by atoms with Crippen molar-refractivity contribution in [3.8, 4) is 0 Å². The van der Waals surface area contributed by atoms with Gasteiger partial charge in [0.1, 0.15) is 5.82 Å². The molecule has 1 rings (SSSR count). The van der Waals surface area contributed by atoms with Crippen LogP contribution in [0.2, 0.25) is 0 Å². The molecule has 1 aromatic rings. The largest absolute Gasteiger partial charge is 0.364 e. The predicted octanol–water partition coefficient (Wildman–Crippen LogP) is 2.18. The number of anilines is 1. The SMILES string of the molecule is CC(C)NCc1cnc(NC(C)(C)C)cn1.